The van der Waals surface area contributed by atoms with Crippen molar-refractivity contribution >= 4 is 7.82 Å². The van der Waals surface area contributed by atoms with E-state index in [0.717, 1.165) is 38.5 Å². The summed E-state index contributed by atoms with van der Waals surface area (Å²) in [5.41, 5.74) is -0.742. The van der Waals surface area contributed by atoms with Crippen LogP contribution in [0.1, 0.15) is 181 Å². The Labute approximate surface area is 245 Å². The third-order valence-corrected chi connectivity index (χ3v) is 8.67. The predicted molar refractivity (Wildman–Crippen MR) is 170 cm³/mol. The van der Waals surface area contributed by atoms with Gasteiger partial charge >= 0.3 is 7.82 Å². The molecule has 0 unspecified atom stereocenters. The van der Waals surface area contributed by atoms with Crippen LogP contribution in [0.3, 0.4) is 0 Å². The molecule has 236 valence electrons. The number of rotatable bonds is 30. The highest BCUT2D eigenvalue weighted by atomic mass is 31.2. The molecular weight excluding hydrogens is 505 g/mol. The number of hydrogen-bond acceptors (Lipinski definition) is 2. The fourth-order valence-electron chi connectivity index (χ4n) is 6.10. The Hall–Kier alpha value is 0.0700. The fourth-order valence-corrected chi connectivity index (χ4v) is 6.84. The Morgan fingerprint density at radius 2 is 0.769 bits per heavy atom. The van der Waals surface area contributed by atoms with Gasteiger partial charge in [0.2, 0.25) is 0 Å². The second-order valence-electron chi connectivity index (χ2n) is 13.5. The summed E-state index contributed by atoms with van der Waals surface area (Å²) in [5, 5.41) is 0. The molecule has 2 N–H and O–H groups in total. The van der Waals surface area contributed by atoms with Crippen LogP contribution >= 0.6 is 7.82 Å². The van der Waals surface area contributed by atoms with Gasteiger partial charge in [0.25, 0.3) is 0 Å². The monoisotopic (exact) mass is 577 g/mol. The highest BCUT2D eigenvalue weighted by molar-refractivity contribution is 7.46. The van der Waals surface area contributed by atoms with E-state index in [1.165, 1.54) is 128 Å². The Balaban J connectivity index is 4.41. The van der Waals surface area contributed by atoms with Crippen molar-refractivity contribution in [2.45, 2.75) is 186 Å². The molecule has 0 amide bonds. The summed E-state index contributed by atoms with van der Waals surface area (Å²) >= 11 is 0. The second-order valence-corrected chi connectivity index (χ2v) is 14.7. The number of phosphoric acid groups is 1. The molecule has 0 saturated carbocycles. The fraction of sp³-hybridized carbons (Fsp3) is 1.00. The molecule has 0 aromatic heterocycles. The van der Waals surface area contributed by atoms with E-state index in [0.29, 0.717) is 11.0 Å². The van der Waals surface area contributed by atoms with Crippen molar-refractivity contribution in [3.8, 4) is 0 Å². The summed E-state index contributed by atoms with van der Waals surface area (Å²) in [4.78, 5) is 19.6. The molecule has 0 saturated heterocycles. The standard InChI is InChI=1S/C33H70NO4P/c1-6-8-10-12-14-16-18-20-22-24-26-28-30-33(32-34(3,4)5,38-39(35,36)37)31-29-27-25-23-21-19-17-15-13-11-9-7-2/h6-32H2,1-5H3,(H-,35,36,37)/p+1. The molecule has 5 nitrogen and oxygen atoms in total. The van der Waals surface area contributed by atoms with E-state index < -0.39 is 13.4 Å². The van der Waals surface area contributed by atoms with Gasteiger partial charge in [0.15, 0.2) is 0 Å². The molecule has 0 atom stereocenters. The quantitative estimate of drug-likeness (QED) is 0.0507. The van der Waals surface area contributed by atoms with E-state index in [-0.39, 0.29) is 0 Å². The van der Waals surface area contributed by atoms with Crippen LogP contribution in [0.25, 0.3) is 0 Å². The SMILES string of the molecule is CCCCCCCCCCCCCCC(CCCCCCCCCCCCCC)(C[N+](C)(C)C)OP(=O)(O)O. The normalized spacial score (nSPS) is 12.9. The summed E-state index contributed by atoms with van der Waals surface area (Å²) in [6, 6.07) is 0. The largest absolute Gasteiger partial charge is 0.470 e. The van der Waals surface area contributed by atoms with Crippen LogP contribution in [0, 0.1) is 0 Å². The lowest BCUT2D eigenvalue weighted by Crippen LogP contribution is -2.50. The van der Waals surface area contributed by atoms with E-state index in [2.05, 4.69) is 35.0 Å². The van der Waals surface area contributed by atoms with Gasteiger partial charge in [-0.25, -0.2) is 4.57 Å². The highest BCUT2D eigenvalue weighted by Gasteiger charge is 2.41. The molecular formula is C33H71NO4P+. The number of likely N-dealkylation sites (N-methyl/N-ethyl adjacent to an activating group) is 1. The Morgan fingerprint density at radius 1 is 0.513 bits per heavy atom. The van der Waals surface area contributed by atoms with Gasteiger partial charge in [-0.2, -0.15) is 0 Å². The summed E-state index contributed by atoms with van der Waals surface area (Å²) in [5.74, 6) is 0. The lowest BCUT2D eigenvalue weighted by molar-refractivity contribution is -0.876. The molecule has 0 aliphatic heterocycles. The van der Waals surface area contributed by atoms with Gasteiger partial charge in [0.05, 0.1) is 21.1 Å². The van der Waals surface area contributed by atoms with Crippen molar-refractivity contribution in [2.75, 3.05) is 27.7 Å². The third kappa shape index (κ3) is 28.0. The van der Waals surface area contributed by atoms with Crippen LogP contribution in [0.2, 0.25) is 0 Å². The summed E-state index contributed by atoms with van der Waals surface area (Å²) in [6.07, 6.45) is 32.4. The molecule has 0 rings (SSSR count). The van der Waals surface area contributed by atoms with Crippen LogP contribution < -0.4 is 0 Å². The van der Waals surface area contributed by atoms with Crippen LogP contribution in [0.5, 0.6) is 0 Å². The summed E-state index contributed by atoms with van der Waals surface area (Å²) in [7, 11) is 1.75. The number of hydrogen-bond donors (Lipinski definition) is 2. The first kappa shape index (κ1) is 39.1. The van der Waals surface area contributed by atoms with E-state index in [9.17, 15) is 14.4 Å². The van der Waals surface area contributed by atoms with E-state index in [1.807, 2.05) is 0 Å². The topological polar surface area (TPSA) is 66.8 Å². The average molecular weight is 577 g/mol. The van der Waals surface area contributed by atoms with Crippen molar-refractivity contribution in [2.24, 2.45) is 0 Å². The predicted octanol–water partition coefficient (Wildman–Crippen LogP) is 10.7. The molecule has 39 heavy (non-hydrogen) atoms. The van der Waals surface area contributed by atoms with Gasteiger partial charge in [0, 0.05) is 0 Å². The molecule has 0 fully saturated rings. The van der Waals surface area contributed by atoms with Crippen molar-refractivity contribution in [3.05, 3.63) is 0 Å². The van der Waals surface area contributed by atoms with Gasteiger partial charge in [0.1, 0.15) is 12.1 Å². The molecule has 0 aliphatic carbocycles. The molecule has 0 aliphatic rings. The van der Waals surface area contributed by atoms with E-state index in [1.54, 1.807) is 0 Å². The van der Waals surface area contributed by atoms with Crippen LogP contribution in [-0.4, -0.2) is 47.6 Å². The van der Waals surface area contributed by atoms with E-state index >= 15 is 0 Å². The van der Waals surface area contributed by atoms with Crippen molar-refractivity contribution in [3.63, 3.8) is 0 Å². The Bertz CT molecular complexity index is 545. The van der Waals surface area contributed by atoms with Gasteiger partial charge in [-0.3, -0.25) is 4.52 Å². The van der Waals surface area contributed by atoms with Gasteiger partial charge in [-0.1, -0.05) is 168 Å². The van der Waals surface area contributed by atoms with Crippen molar-refractivity contribution in [1.29, 1.82) is 0 Å². The van der Waals surface area contributed by atoms with Crippen LogP contribution in [0.15, 0.2) is 0 Å². The number of unbranched alkanes of at least 4 members (excludes halogenated alkanes) is 22. The first-order valence-electron chi connectivity index (χ1n) is 17.1. The lowest BCUT2D eigenvalue weighted by atomic mass is 9.88. The molecule has 0 spiro atoms. The zero-order valence-electron chi connectivity index (χ0n) is 27.2. The smallest absolute Gasteiger partial charge is 0.329 e. The molecule has 0 heterocycles. The van der Waals surface area contributed by atoms with Crippen molar-refractivity contribution in [1.82, 2.24) is 0 Å². The zero-order valence-corrected chi connectivity index (χ0v) is 28.1. The average Bonchev–Trinajstić information content (AvgIpc) is 2.83. The molecule has 0 bridgehead atoms. The molecule has 6 heteroatoms. The van der Waals surface area contributed by atoms with Crippen LogP contribution in [0.4, 0.5) is 0 Å². The number of phosphoric ester groups is 1. The first-order valence-corrected chi connectivity index (χ1v) is 18.6. The van der Waals surface area contributed by atoms with Gasteiger partial charge in [-0.05, 0) is 12.8 Å². The molecule has 0 aromatic carbocycles. The summed E-state index contributed by atoms with van der Waals surface area (Å²) in [6.45, 7) is 5.17. The first-order chi connectivity index (χ1) is 18.5. The maximum Gasteiger partial charge on any atom is 0.470 e. The second kappa shape index (κ2) is 24.6. The minimum absolute atomic E-state index is 0.633. The van der Waals surface area contributed by atoms with Crippen LogP contribution in [-0.2, 0) is 9.09 Å². The van der Waals surface area contributed by atoms with E-state index in [4.69, 9.17) is 4.52 Å². The minimum atomic E-state index is -4.55. The highest BCUT2D eigenvalue weighted by Crippen LogP contribution is 2.46. The number of quaternary nitrogens is 1. The molecule has 0 aromatic rings. The summed E-state index contributed by atoms with van der Waals surface area (Å²) < 4.78 is 18.3. The maximum atomic E-state index is 12.0. The lowest BCUT2D eigenvalue weighted by Gasteiger charge is -2.39. The van der Waals surface area contributed by atoms with Crippen molar-refractivity contribution < 1.29 is 23.4 Å². The zero-order chi connectivity index (χ0) is 29.3. The third-order valence-electron chi connectivity index (χ3n) is 8.05. The minimum Gasteiger partial charge on any atom is -0.329 e. The maximum absolute atomic E-state index is 12.0. The number of nitrogens with zero attached hydrogens (tertiary/aromatic N) is 1. The Morgan fingerprint density at radius 3 is 1.00 bits per heavy atom. The Kier molecular flexibility index (Phi) is 24.7. The van der Waals surface area contributed by atoms with Gasteiger partial charge in [-0.15, -0.1) is 0 Å². The van der Waals surface area contributed by atoms with Gasteiger partial charge < -0.3 is 14.3 Å². The molecule has 0 radical (unpaired) electrons.